The summed E-state index contributed by atoms with van der Waals surface area (Å²) >= 11 is 0. The highest BCUT2D eigenvalue weighted by Gasteiger charge is 2.19. The summed E-state index contributed by atoms with van der Waals surface area (Å²) in [6.07, 6.45) is 4.86. The number of nitrogens with one attached hydrogen (secondary N) is 1. The van der Waals surface area contributed by atoms with E-state index in [-0.39, 0.29) is 5.91 Å². The number of amides is 1. The summed E-state index contributed by atoms with van der Waals surface area (Å²) in [6, 6.07) is 13.9. The smallest absolute Gasteiger partial charge is 0.261 e. The zero-order valence-corrected chi connectivity index (χ0v) is 15.6. The van der Waals surface area contributed by atoms with Crippen molar-refractivity contribution in [1.29, 1.82) is 0 Å². The molecule has 0 fully saturated rings. The summed E-state index contributed by atoms with van der Waals surface area (Å²) in [6.45, 7) is 2.39. The van der Waals surface area contributed by atoms with Gasteiger partial charge >= 0.3 is 0 Å². The first-order chi connectivity index (χ1) is 12.7. The maximum absolute atomic E-state index is 12.6. The summed E-state index contributed by atoms with van der Waals surface area (Å²) in [4.78, 5) is 12.6. The molecule has 2 aromatic carbocycles. The highest BCUT2D eigenvalue weighted by Crippen LogP contribution is 2.26. The second-order valence-corrected chi connectivity index (χ2v) is 6.68. The molecule has 0 saturated carbocycles. The minimum Gasteiger partial charge on any atom is -0.496 e. The summed E-state index contributed by atoms with van der Waals surface area (Å²) in [5.41, 5.74) is 3.72. The van der Waals surface area contributed by atoms with Gasteiger partial charge in [-0.3, -0.25) is 4.79 Å². The molecule has 2 aromatic rings. The molecule has 1 aliphatic carbocycles. The van der Waals surface area contributed by atoms with Crippen molar-refractivity contribution in [3.8, 4) is 11.5 Å². The van der Waals surface area contributed by atoms with E-state index in [1.165, 1.54) is 24.0 Å². The Hall–Kier alpha value is -2.49. The number of hydrogen-bond acceptors (Lipinski definition) is 3. The van der Waals surface area contributed by atoms with Crippen LogP contribution in [0.5, 0.6) is 11.5 Å². The summed E-state index contributed by atoms with van der Waals surface area (Å²) in [7, 11) is 1.63. The van der Waals surface area contributed by atoms with Gasteiger partial charge in [-0.1, -0.05) is 31.2 Å². The van der Waals surface area contributed by atoms with E-state index in [0.717, 1.165) is 29.9 Å². The Morgan fingerprint density at radius 3 is 2.65 bits per heavy atom. The molecule has 26 heavy (non-hydrogen) atoms. The van der Waals surface area contributed by atoms with Crippen molar-refractivity contribution in [2.24, 2.45) is 0 Å². The van der Waals surface area contributed by atoms with Crippen LogP contribution in [0.25, 0.3) is 0 Å². The van der Waals surface area contributed by atoms with Crippen molar-refractivity contribution >= 4 is 5.91 Å². The second kappa shape index (κ2) is 8.75. The van der Waals surface area contributed by atoms with Crippen LogP contribution in [0.4, 0.5) is 0 Å². The van der Waals surface area contributed by atoms with E-state index in [1.807, 2.05) is 37.3 Å². The molecule has 4 nitrogen and oxygen atoms in total. The van der Waals surface area contributed by atoms with E-state index in [9.17, 15) is 4.79 Å². The Bertz CT molecular complexity index is 757. The molecule has 138 valence electrons. The largest absolute Gasteiger partial charge is 0.496 e. The number of hydrogen-bond donors (Lipinski definition) is 1. The van der Waals surface area contributed by atoms with Gasteiger partial charge in [0, 0.05) is 12.1 Å². The molecule has 1 aliphatic rings. The molecular formula is C22H27NO3. The average Bonchev–Trinajstić information content (AvgIpc) is 2.70. The van der Waals surface area contributed by atoms with Crippen LogP contribution in [-0.2, 0) is 24.2 Å². The van der Waals surface area contributed by atoms with Gasteiger partial charge in [-0.05, 0) is 61.4 Å². The van der Waals surface area contributed by atoms with Gasteiger partial charge in [0.25, 0.3) is 5.91 Å². The standard InChI is InChI=1S/C22H27NO3/c1-3-20(22(24)23-15-18-10-6-7-11-21(18)25-2)26-19-13-12-16-8-4-5-9-17(16)14-19/h6-7,10-14,20H,3-5,8-9,15H2,1-2H3,(H,23,24). The zero-order chi connectivity index (χ0) is 18.4. The molecular weight excluding hydrogens is 326 g/mol. The topological polar surface area (TPSA) is 47.6 Å². The van der Waals surface area contributed by atoms with Gasteiger partial charge in [-0.2, -0.15) is 0 Å². The molecule has 0 heterocycles. The lowest BCUT2D eigenvalue weighted by molar-refractivity contribution is -0.128. The minimum atomic E-state index is -0.494. The number of ether oxygens (including phenoxy) is 2. The minimum absolute atomic E-state index is 0.101. The van der Waals surface area contributed by atoms with Gasteiger partial charge in [0.2, 0.25) is 0 Å². The number of rotatable bonds is 7. The second-order valence-electron chi connectivity index (χ2n) is 6.68. The highest BCUT2D eigenvalue weighted by molar-refractivity contribution is 5.81. The van der Waals surface area contributed by atoms with Crippen molar-refractivity contribution in [2.45, 2.75) is 51.7 Å². The van der Waals surface area contributed by atoms with Crippen LogP contribution >= 0.6 is 0 Å². The molecule has 1 N–H and O–H groups in total. The van der Waals surface area contributed by atoms with Crippen LogP contribution < -0.4 is 14.8 Å². The molecule has 1 unspecified atom stereocenters. The number of benzene rings is 2. The maximum Gasteiger partial charge on any atom is 0.261 e. The lowest BCUT2D eigenvalue weighted by Crippen LogP contribution is -2.37. The lowest BCUT2D eigenvalue weighted by Gasteiger charge is -2.20. The molecule has 0 aliphatic heterocycles. The van der Waals surface area contributed by atoms with Crippen molar-refractivity contribution in [1.82, 2.24) is 5.32 Å². The fourth-order valence-electron chi connectivity index (χ4n) is 3.41. The van der Waals surface area contributed by atoms with Gasteiger partial charge in [0.1, 0.15) is 11.5 Å². The first-order valence-electron chi connectivity index (χ1n) is 9.39. The lowest BCUT2D eigenvalue weighted by atomic mass is 9.92. The first-order valence-corrected chi connectivity index (χ1v) is 9.39. The number of para-hydroxylation sites is 1. The Labute approximate surface area is 155 Å². The summed E-state index contributed by atoms with van der Waals surface area (Å²) in [5, 5.41) is 2.96. The monoisotopic (exact) mass is 353 g/mol. The molecule has 3 rings (SSSR count). The number of aryl methyl sites for hydroxylation is 2. The van der Waals surface area contributed by atoms with Crippen LogP contribution in [0.15, 0.2) is 42.5 Å². The average molecular weight is 353 g/mol. The van der Waals surface area contributed by atoms with Crippen LogP contribution in [0.3, 0.4) is 0 Å². The van der Waals surface area contributed by atoms with Gasteiger partial charge in [-0.15, -0.1) is 0 Å². The normalized spacial score (nSPS) is 14.2. The third-order valence-electron chi connectivity index (χ3n) is 4.91. The summed E-state index contributed by atoms with van der Waals surface area (Å²) in [5.74, 6) is 1.46. The molecule has 0 bridgehead atoms. The van der Waals surface area contributed by atoms with Crippen LogP contribution in [-0.4, -0.2) is 19.1 Å². The molecule has 1 amide bonds. The zero-order valence-electron chi connectivity index (χ0n) is 15.6. The van der Waals surface area contributed by atoms with Crippen molar-refractivity contribution in [2.75, 3.05) is 7.11 Å². The Morgan fingerprint density at radius 1 is 1.12 bits per heavy atom. The molecule has 0 spiro atoms. The van der Waals surface area contributed by atoms with Crippen LogP contribution in [0.2, 0.25) is 0 Å². The van der Waals surface area contributed by atoms with Gasteiger partial charge in [-0.25, -0.2) is 0 Å². The SMILES string of the molecule is CCC(Oc1ccc2c(c1)CCCC2)C(=O)NCc1ccccc1OC. The molecule has 1 atom stereocenters. The molecule has 0 radical (unpaired) electrons. The third-order valence-corrected chi connectivity index (χ3v) is 4.91. The summed E-state index contributed by atoms with van der Waals surface area (Å²) < 4.78 is 11.3. The Balaban J connectivity index is 1.62. The highest BCUT2D eigenvalue weighted by atomic mass is 16.5. The quantitative estimate of drug-likeness (QED) is 0.817. The predicted molar refractivity (Wildman–Crippen MR) is 103 cm³/mol. The van der Waals surface area contributed by atoms with Crippen LogP contribution in [0.1, 0.15) is 42.9 Å². The van der Waals surface area contributed by atoms with Gasteiger partial charge in [0.05, 0.1) is 7.11 Å². The Kier molecular flexibility index (Phi) is 6.16. The maximum atomic E-state index is 12.6. The van der Waals surface area contributed by atoms with Crippen molar-refractivity contribution in [3.63, 3.8) is 0 Å². The van der Waals surface area contributed by atoms with Gasteiger partial charge in [0.15, 0.2) is 6.10 Å². The van der Waals surface area contributed by atoms with Crippen molar-refractivity contribution < 1.29 is 14.3 Å². The fourth-order valence-corrected chi connectivity index (χ4v) is 3.41. The van der Waals surface area contributed by atoms with E-state index >= 15 is 0 Å². The van der Waals surface area contributed by atoms with E-state index in [0.29, 0.717) is 13.0 Å². The van der Waals surface area contributed by atoms with E-state index in [4.69, 9.17) is 9.47 Å². The number of fused-ring (bicyclic) bond motifs is 1. The molecule has 0 saturated heterocycles. The molecule has 0 aromatic heterocycles. The predicted octanol–water partition coefficient (Wildman–Crippen LogP) is 4.05. The van der Waals surface area contributed by atoms with Gasteiger partial charge < -0.3 is 14.8 Å². The molecule has 4 heteroatoms. The van der Waals surface area contributed by atoms with E-state index in [1.54, 1.807) is 7.11 Å². The number of carbonyl (C=O) groups excluding carboxylic acids is 1. The van der Waals surface area contributed by atoms with Crippen LogP contribution in [0, 0.1) is 0 Å². The Morgan fingerprint density at radius 2 is 1.88 bits per heavy atom. The fraction of sp³-hybridized carbons (Fsp3) is 0.409. The number of methoxy groups -OCH3 is 1. The van der Waals surface area contributed by atoms with E-state index < -0.39 is 6.10 Å². The van der Waals surface area contributed by atoms with Crippen molar-refractivity contribution in [3.05, 3.63) is 59.2 Å². The van der Waals surface area contributed by atoms with E-state index in [2.05, 4.69) is 17.4 Å². The number of carbonyl (C=O) groups is 1. The first kappa shape index (κ1) is 18.3. The third kappa shape index (κ3) is 4.37.